The molecule has 0 amide bonds. The summed E-state index contributed by atoms with van der Waals surface area (Å²) in [6, 6.07) is 5.30. The molecule has 70 valence electrons. The van der Waals surface area contributed by atoms with Crippen molar-refractivity contribution in [1.29, 1.82) is 0 Å². The number of aryl methyl sites for hydroxylation is 1. The van der Waals surface area contributed by atoms with Gasteiger partial charge in [-0.15, -0.1) is 0 Å². The molecule has 0 saturated carbocycles. The van der Waals surface area contributed by atoms with Gasteiger partial charge in [0.25, 0.3) is 0 Å². The molecular formula is C10H12O3. The molecule has 0 saturated heterocycles. The number of esters is 1. The zero-order valence-electron chi connectivity index (χ0n) is 7.96. The van der Waals surface area contributed by atoms with E-state index in [1.165, 1.54) is 7.11 Å². The van der Waals surface area contributed by atoms with Crippen LogP contribution in [0.15, 0.2) is 18.2 Å². The summed E-state index contributed by atoms with van der Waals surface area (Å²) in [6.45, 7) is 1.85. The molecule has 13 heavy (non-hydrogen) atoms. The molecule has 1 aromatic carbocycles. The van der Waals surface area contributed by atoms with Crippen LogP contribution in [0.1, 0.15) is 15.9 Å². The van der Waals surface area contributed by atoms with Gasteiger partial charge >= 0.3 is 5.97 Å². The smallest absolute Gasteiger partial charge is 0.338 e. The lowest BCUT2D eigenvalue weighted by Crippen LogP contribution is -2.03. The third kappa shape index (κ3) is 1.99. The van der Waals surface area contributed by atoms with Crippen molar-refractivity contribution in [1.82, 2.24) is 0 Å². The summed E-state index contributed by atoms with van der Waals surface area (Å²) >= 11 is 0. The number of benzene rings is 1. The van der Waals surface area contributed by atoms with Gasteiger partial charge in [-0.1, -0.05) is 6.07 Å². The van der Waals surface area contributed by atoms with Crippen LogP contribution in [0.4, 0.5) is 0 Å². The monoisotopic (exact) mass is 180 g/mol. The van der Waals surface area contributed by atoms with E-state index in [9.17, 15) is 4.79 Å². The molecule has 0 radical (unpaired) electrons. The Morgan fingerprint density at radius 3 is 2.54 bits per heavy atom. The first-order chi connectivity index (χ1) is 6.19. The normalized spacial score (nSPS) is 9.46. The van der Waals surface area contributed by atoms with E-state index in [4.69, 9.17) is 4.74 Å². The fraction of sp³-hybridized carbons (Fsp3) is 0.300. The summed E-state index contributed by atoms with van der Waals surface area (Å²) in [4.78, 5) is 11.2. The second kappa shape index (κ2) is 3.94. The Labute approximate surface area is 77.3 Å². The second-order valence-electron chi connectivity index (χ2n) is 2.67. The van der Waals surface area contributed by atoms with Crippen molar-refractivity contribution in [3.8, 4) is 5.75 Å². The van der Waals surface area contributed by atoms with Crippen LogP contribution >= 0.6 is 0 Å². The minimum atomic E-state index is -0.337. The van der Waals surface area contributed by atoms with E-state index < -0.39 is 0 Å². The highest BCUT2D eigenvalue weighted by Crippen LogP contribution is 2.17. The van der Waals surface area contributed by atoms with Crippen molar-refractivity contribution in [2.24, 2.45) is 0 Å². The Bertz CT molecular complexity index is 318. The maximum Gasteiger partial charge on any atom is 0.338 e. The Hall–Kier alpha value is -1.51. The lowest BCUT2D eigenvalue weighted by molar-refractivity contribution is 0.0599. The molecule has 3 heteroatoms. The zero-order valence-corrected chi connectivity index (χ0v) is 7.96. The fourth-order valence-electron chi connectivity index (χ4n) is 1.06. The van der Waals surface area contributed by atoms with Crippen LogP contribution in [0.3, 0.4) is 0 Å². The van der Waals surface area contributed by atoms with E-state index in [1.807, 2.05) is 19.1 Å². The summed E-state index contributed by atoms with van der Waals surface area (Å²) in [5.41, 5.74) is 1.43. The van der Waals surface area contributed by atoms with Gasteiger partial charge in [-0.05, 0) is 24.6 Å². The molecule has 3 nitrogen and oxygen atoms in total. The maximum absolute atomic E-state index is 11.2. The standard InChI is InChI=1S/C10H12O3/c1-7-4-5-8(12-2)6-9(7)10(11)13-3/h4-6H,1-3H3. The van der Waals surface area contributed by atoms with Crippen LogP contribution in [-0.4, -0.2) is 20.2 Å². The SMILES string of the molecule is COC(=O)c1cc(OC)ccc1C. The molecule has 0 spiro atoms. The summed E-state index contributed by atoms with van der Waals surface area (Å²) < 4.78 is 9.62. The van der Waals surface area contributed by atoms with Gasteiger partial charge in [-0.25, -0.2) is 4.79 Å². The van der Waals surface area contributed by atoms with Crippen molar-refractivity contribution in [3.05, 3.63) is 29.3 Å². The Balaban J connectivity index is 3.11. The lowest BCUT2D eigenvalue weighted by Gasteiger charge is -2.05. The van der Waals surface area contributed by atoms with Crippen LogP contribution in [0, 0.1) is 6.92 Å². The first-order valence-corrected chi connectivity index (χ1v) is 3.92. The minimum Gasteiger partial charge on any atom is -0.497 e. The van der Waals surface area contributed by atoms with Gasteiger partial charge in [0.05, 0.1) is 19.8 Å². The van der Waals surface area contributed by atoms with E-state index in [2.05, 4.69) is 4.74 Å². The molecule has 0 aliphatic carbocycles. The first-order valence-electron chi connectivity index (χ1n) is 3.92. The molecular weight excluding hydrogens is 168 g/mol. The van der Waals surface area contributed by atoms with Gasteiger partial charge in [0, 0.05) is 0 Å². The number of hydrogen-bond donors (Lipinski definition) is 0. The van der Waals surface area contributed by atoms with Gasteiger partial charge in [0.1, 0.15) is 5.75 Å². The van der Waals surface area contributed by atoms with Crippen LogP contribution in [0.2, 0.25) is 0 Å². The van der Waals surface area contributed by atoms with Gasteiger partial charge < -0.3 is 9.47 Å². The molecule has 1 aromatic rings. The molecule has 0 aliphatic heterocycles. The predicted octanol–water partition coefficient (Wildman–Crippen LogP) is 1.79. The molecule has 0 heterocycles. The summed E-state index contributed by atoms with van der Waals surface area (Å²) in [5.74, 6) is 0.322. The molecule has 0 aromatic heterocycles. The van der Waals surface area contributed by atoms with Crippen LogP contribution in [0.25, 0.3) is 0 Å². The summed E-state index contributed by atoms with van der Waals surface area (Å²) in [5, 5.41) is 0. The molecule has 0 atom stereocenters. The fourth-order valence-corrected chi connectivity index (χ4v) is 1.06. The van der Waals surface area contributed by atoms with Crippen molar-refractivity contribution < 1.29 is 14.3 Å². The highest BCUT2D eigenvalue weighted by molar-refractivity contribution is 5.91. The molecule has 0 aliphatic rings. The number of carbonyl (C=O) groups is 1. The van der Waals surface area contributed by atoms with E-state index in [1.54, 1.807) is 13.2 Å². The Kier molecular flexibility index (Phi) is 2.90. The number of methoxy groups -OCH3 is 2. The molecule has 0 fully saturated rings. The van der Waals surface area contributed by atoms with E-state index in [0.717, 1.165) is 5.56 Å². The van der Waals surface area contributed by atoms with Crippen molar-refractivity contribution in [3.63, 3.8) is 0 Å². The molecule has 0 bridgehead atoms. The average molecular weight is 180 g/mol. The number of hydrogen-bond acceptors (Lipinski definition) is 3. The Morgan fingerprint density at radius 1 is 1.31 bits per heavy atom. The third-order valence-corrected chi connectivity index (χ3v) is 1.85. The molecule has 0 unspecified atom stereocenters. The van der Waals surface area contributed by atoms with E-state index >= 15 is 0 Å². The summed E-state index contributed by atoms with van der Waals surface area (Å²) in [6.07, 6.45) is 0. The van der Waals surface area contributed by atoms with Gasteiger partial charge in [0.15, 0.2) is 0 Å². The second-order valence-corrected chi connectivity index (χ2v) is 2.67. The van der Waals surface area contributed by atoms with Crippen LogP contribution < -0.4 is 4.74 Å². The molecule has 1 rings (SSSR count). The summed E-state index contributed by atoms with van der Waals surface area (Å²) in [7, 11) is 2.92. The highest BCUT2D eigenvalue weighted by Gasteiger charge is 2.09. The number of carbonyl (C=O) groups excluding carboxylic acids is 1. The maximum atomic E-state index is 11.2. The third-order valence-electron chi connectivity index (χ3n) is 1.85. The van der Waals surface area contributed by atoms with Gasteiger partial charge in [-0.2, -0.15) is 0 Å². The topological polar surface area (TPSA) is 35.5 Å². The van der Waals surface area contributed by atoms with Crippen molar-refractivity contribution in [2.45, 2.75) is 6.92 Å². The van der Waals surface area contributed by atoms with Crippen molar-refractivity contribution in [2.75, 3.05) is 14.2 Å². The van der Waals surface area contributed by atoms with E-state index in [-0.39, 0.29) is 5.97 Å². The van der Waals surface area contributed by atoms with Crippen LogP contribution in [0.5, 0.6) is 5.75 Å². The lowest BCUT2D eigenvalue weighted by atomic mass is 10.1. The van der Waals surface area contributed by atoms with Crippen molar-refractivity contribution >= 4 is 5.97 Å². The van der Waals surface area contributed by atoms with Gasteiger partial charge in [-0.3, -0.25) is 0 Å². The largest absolute Gasteiger partial charge is 0.497 e. The minimum absolute atomic E-state index is 0.337. The van der Waals surface area contributed by atoms with Gasteiger partial charge in [0.2, 0.25) is 0 Å². The predicted molar refractivity (Wildman–Crippen MR) is 49.1 cm³/mol. The number of ether oxygens (including phenoxy) is 2. The van der Waals surface area contributed by atoms with E-state index in [0.29, 0.717) is 11.3 Å². The zero-order chi connectivity index (χ0) is 9.84. The average Bonchev–Trinajstić information content (AvgIpc) is 2.17. The first kappa shape index (κ1) is 9.58. The van der Waals surface area contributed by atoms with Crippen LogP contribution in [-0.2, 0) is 4.74 Å². The highest BCUT2D eigenvalue weighted by atomic mass is 16.5. The quantitative estimate of drug-likeness (QED) is 0.651. The Morgan fingerprint density at radius 2 is 2.00 bits per heavy atom. The number of rotatable bonds is 2. The molecule has 0 N–H and O–H groups in total.